The number of nitrogens with zero attached hydrogens (tertiary/aromatic N) is 2. The van der Waals surface area contributed by atoms with E-state index in [4.69, 9.17) is 23.2 Å². The molecule has 1 atom stereocenters. The molecule has 0 saturated carbocycles. The first-order valence-corrected chi connectivity index (χ1v) is 16.3. The summed E-state index contributed by atoms with van der Waals surface area (Å²) in [6.45, 7) is 5.07. The van der Waals surface area contributed by atoms with E-state index >= 15 is 0 Å². The summed E-state index contributed by atoms with van der Waals surface area (Å²) in [5, 5.41) is 3.87. The normalized spacial score (nSPS) is 12.3. The number of halogens is 2. The van der Waals surface area contributed by atoms with Gasteiger partial charge in [-0.15, -0.1) is 0 Å². The minimum atomic E-state index is -4.21. The first-order valence-electron chi connectivity index (χ1n) is 14.1. The third kappa shape index (κ3) is 8.85. The summed E-state index contributed by atoms with van der Waals surface area (Å²) < 4.78 is 29.1. The molecule has 0 aromatic heterocycles. The van der Waals surface area contributed by atoms with E-state index in [1.54, 1.807) is 48.5 Å². The van der Waals surface area contributed by atoms with Crippen LogP contribution in [-0.2, 0) is 32.6 Å². The second kappa shape index (κ2) is 14.3. The van der Waals surface area contributed by atoms with Gasteiger partial charge < -0.3 is 10.2 Å². The van der Waals surface area contributed by atoms with Crippen LogP contribution in [-0.4, -0.2) is 43.3 Å². The molecule has 4 aromatic carbocycles. The molecule has 7 nitrogen and oxygen atoms in total. The van der Waals surface area contributed by atoms with Crippen molar-refractivity contribution in [3.05, 3.63) is 130 Å². The second-order valence-corrected chi connectivity index (χ2v) is 14.1. The highest BCUT2D eigenvalue weighted by molar-refractivity contribution is 7.92. The smallest absolute Gasteiger partial charge is 0.264 e. The molecular formula is C34H35Cl2N3O4S. The Hall–Kier alpha value is -3.85. The summed E-state index contributed by atoms with van der Waals surface area (Å²) >= 11 is 12.3. The Morgan fingerprint density at radius 1 is 0.773 bits per heavy atom. The van der Waals surface area contributed by atoms with Gasteiger partial charge in [0.15, 0.2) is 0 Å². The number of benzene rings is 4. The molecule has 0 aliphatic carbocycles. The van der Waals surface area contributed by atoms with Gasteiger partial charge in [0.1, 0.15) is 12.6 Å². The third-order valence-electron chi connectivity index (χ3n) is 6.74. The minimum absolute atomic E-state index is 0.0220. The molecule has 0 spiro atoms. The number of carbonyl (C=O) groups excluding carboxylic acids is 2. The highest BCUT2D eigenvalue weighted by Crippen LogP contribution is 2.26. The van der Waals surface area contributed by atoms with Crippen molar-refractivity contribution < 1.29 is 18.0 Å². The summed E-state index contributed by atoms with van der Waals surface area (Å²) in [5.74, 6) is -0.917. The zero-order valence-corrected chi connectivity index (χ0v) is 27.1. The first kappa shape index (κ1) is 33.1. The van der Waals surface area contributed by atoms with E-state index in [0.717, 1.165) is 9.87 Å². The van der Waals surface area contributed by atoms with E-state index in [0.29, 0.717) is 21.3 Å². The fourth-order valence-electron chi connectivity index (χ4n) is 4.70. The maximum atomic E-state index is 14.4. The van der Waals surface area contributed by atoms with Crippen LogP contribution in [0.4, 0.5) is 5.69 Å². The quantitative estimate of drug-likeness (QED) is 0.194. The van der Waals surface area contributed by atoms with Gasteiger partial charge in [-0.05, 0) is 80.4 Å². The Balaban J connectivity index is 1.80. The predicted molar refractivity (Wildman–Crippen MR) is 176 cm³/mol. The zero-order valence-electron chi connectivity index (χ0n) is 24.8. The summed E-state index contributed by atoms with van der Waals surface area (Å²) in [7, 11) is -4.21. The molecular weight excluding hydrogens is 617 g/mol. The van der Waals surface area contributed by atoms with Crippen LogP contribution < -0.4 is 9.62 Å². The summed E-state index contributed by atoms with van der Waals surface area (Å²) in [4.78, 5) is 29.7. The van der Waals surface area contributed by atoms with Gasteiger partial charge in [-0.2, -0.15) is 0 Å². The number of nitrogens with one attached hydrogen (secondary N) is 1. The highest BCUT2D eigenvalue weighted by atomic mass is 35.5. The molecule has 2 amide bonds. The number of para-hydroxylation sites is 1. The van der Waals surface area contributed by atoms with Gasteiger partial charge in [-0.1, -0.05) is 83.9 Å². The van der Waals surface area contributed by atoms with Gasteiger partial charge in [0, 0.05) is 28.5 Å². The van der Waals surface area contributed by atoms with E-state index in [9.17, 15) is 18.0 Å². The zero-order chi connectivity index (χ0) is 31.9. The molecule has 0 saturated heterocycles. The number of rotatable bonds is 11. The van der Waals surface area contributed by atoms with Crippen LogP contribution >= 0.6 is 23.2 Å². The predicted octanol–water partition coefficient (Wildman–Crippen LogP) is 6.74. The Morgan fingerprint density at radius 2 is 1.36 bits per heavy atom. The fourth-order valence-corrected chi connectivity index (χ4v) is 6.45. The molecule has 4 aromatic rings. The fraction of sp³-hybridized carbons (Fsp3) is 0.235. The number of hydrogen-bond acceptors (Lipinski definition) is 4. The molecule has 0 heterocycles. The Kier molecular flexibility index (Phi) is 10.7. The van der Waals surface area contributed by atoms with Gasteiger partial charge in [0.25, 0.3) is 10.0 Å². The Bertz CT molecular complexity index is 1680. The van der Waals surface area contributed by atoms with Crippen LogP contribution in [0.3, 0.4) is 0 Å². The number of amides is 2. The van der Waals surface area contributed by atoms with Crippen LogP contribution in [0.5, 0.6) is 0 Å². The number of hydrogen-bond donors (Lipinski definition) is 1. The van der Waals surface area contributed by atoms with Crippen molar-refractivity contribution in [2.24, 2.45) is 0 Å². The monoisotopic (exact) mass is 651 g/mol. The van der Waals surface area contributed by atoms with Crippen LogP contribution in [0.2, 0.25) is 10.0 Å². The van der Waals surface area contributed by atoms with Crippen molar-refractivity contribution in [2.45, 2.75) is 50.2 Å². The van der Waals surface area contributed by atoms with Gasteiger partial charge in [0.2, 0.25) is 11.8 Å². The number of sulfonamides is 1. The largest absolute Gasteiger partial charge is 0.350 e. The van der Waals surface area contributed by atoms with E-state index in [1.165, 1.54) is 29.2 Å². The molecule has 0 radical (unpaired) electrons. The maximum absolute atomic E-state index is 14.4. The maximum Gasteiger partial charge on any atom is 0.264 e. The van der Waals surface area contributed by atoms with Crippen molar-refractivity contribution in [1.82, 2.24) is 10.2 Å². The van der Waals surface area contributed by atoms with E-state index in [-0.39, 0.29) is 23.8 Å². The van der Waals surface area contributed by atoms with Crippen LogP contribution in [0.1, 0.15) is 31.9 Å². The Labute approximate surface area is 269 Å². The van der Waals surface area contributed by atoms with Crippen molar-refractivity contribution in [1.29, 1.82) is 0 Å². The van der Waals surface area contributed by atoms with Gasteiger partial charge in [0.05, 0.1) is 10.6 Å². The SMILES string of the molecule is CC(C)(C)NC(=O)[C@@H](Cc1ccccc1)N(Cc1cccc(Cl)c1)C(=O)CN(c1ccccc1)S(=O)(=O)c1ccc(Cl)cc1. The molecule has 44 heavy (non-hydrogen) atoms. The van der Waals surface area contributed by atoms with Crippen LogP contribution in [0.15, 0.2) is 114 Å². The second-order valence-electron chi connectivity index (χ2n) is 11.4. The first-order chi connectivity index (χ1) is 20.8. The molecule has 0 unspecified atom stereocenters. The lowest BCUT2D eigenvalue weighted by molar-refractivity contribution is -0.140. The molecule has 0 bridgehead atoms. The third-order valence-corrected chi connectivity index (χ3v) is 9.01. The summed E-state index contributed by atoms with van der Waals surface area (Å²) in [6.07, 6.45) is 0.213. The van der Waals surface area contributed by atoms with Crippen molar-refractivity contribution in [3.63, 3.8) is 0 Å². The van der Waals surface area contributed by atoms with E-state index in [2.05, 4.69) is 5.32 Å². The standard InChI is InChI=1S/C34H35Cl2N3O4S/c1-34(2,3)37-33(41)31(22-25-11-6-4-7-12-25)38(23-26-13-10-14-28(36)21-26)32(40)24-39(29-15-8-5-9-16-29)44(42,43)30-19-17-27(35)18-20-30/h4-21,31H,22-24H2,1-3H3,(H,37,41)/t31-/m1/s1. The number of carbonyl (C=O) groups is 2. The van der Waals surface area contributed by atoms with Crippen molar-refractivity contribution >= 4 is 50.7 Å². The molecule has 0 aliphatic rings. The van der Waals surface area contributed by atoms with Crippen LogP contribution in [0.25, 0.3) is 0 Å². The highest BCUT2D eigenvalue weighted by Gasteiger charge is 2.35. The Morgan fingerprint density at radius 3 is 1.95 bits per heavy atom. The van der Waals surface area contributed by atoms with E-state index < -0.39 is 34.1 Å². The average Bonchev–Trinajstić information content (AvgIpc) is 2.98. The molecule has 0 aliphatic heterocycles. The number of anilines is 1. The topological polar surface area (TPSA) is 86.8 Å². The molecule has 4 rings (SSSR count). The van der Waals surface area contributed by atoms with Crippen molar-refractivity contribution in [2.75, 3.05) is 10.8 Å². The lowest BCUT2D eigenvalue weighted by atomic mass is 10.0. The minimum Gasteiger partial charge on any atom is -0.350 e. The van der Waals surface area contributed by atoms with Crippen LogP contribution in [0, 0.1) is 0 Å². The molecule has 1 N–H and O–H groups in total. The molecule has 230 valence electrons. The lowest BCUT2D eigenvalue weighted by Crippen LogP contribution is -2.56. The van der Waals surface area contributed by atoms with Gasteiger partial charge >= 0.3 is 0 Å². The summed E-state index contributed by atoms with van der Waals surface area (Å²) in [6, 6.07) is 29.6. The lowest BCUT2D eigenvalue weighted by Gasteiger charge is -2.35. The van der Waals surface area contributed by atoms with Gasteiger partial charge in [-0.3, -0.25) is 13.9 Å². The van der Waals surface area contributed by atoms with Gasteiger partial charge in [-0.25, -0.2) is 8.42 Å². The average molecular weight is 653 g/mol. The van der Waals surface area contributed by atoms with Crippen molar-refractivity contribution in [3.8, 4) is 0 Å². The van der Waals surface area contributed by atoms with E-state index in [1.807, 2.05) is 57.2 Å². The summed E-state index contributed by atoms with van der Waals surface area (Å²) in [5.41, 5.74) is 1.26. The molecule has 0 fully saturated rings. The molecule has 10 heteroatoms.